The van der Waals surface area contributed by atoms with Crippen molar-refractivity contribution in [3.63, 3.8) is 0 Å². The van der Waals surface area contributed by atoms with Crippen molar-refractivity contribution in [3.8, 4) is 0 Å². The van der Waals surface area contributed by atoms with Gasteiger partial charge in [-0.25, -0.2) is 13.2 Å². The summed E-state index contributed by atoms with van der Waals surface area (Å²) in [7, 11) is -2.97. The van der Waals surface area contributed by atoms with E-state index in [0.717, 1.165) is 13.0 Å². The SMILES string of the molecule is C[C@@H]1Cc2ccccc2N1CCNC(=O)N[C@H]1CCS(=O)(=O)C1. The van der Waals surface area contributed by atoms with Gasteiger partial charge in [0.05, 0.1) is 11.5 Å². The Kier molecular flexibility index (Phi) is 4.48. The number of carbonyl (C=O) groups is 1. The summed E-state index contributed by atoms with van der Waals surface area (Å²) >= 11 is 0. The number of nitrogens with zero attached hydrogens (tertiary/aromatic N) is 1. The van der Waals surface area contributed by atoms with Crippen LogP contribution in [-0.2, 0) is 16.3 Å². The third kappa shape index (κ3) is 3.77. The Labute approximate surface area is 137 Å². The van der Waals surface area contributed by atoms with Gasteiger partial charge in [0.1, 0.15) is 0 Å². The van der Waals surface area contributed by atoms with E-state index < -0.39 is 9.84 Å². The number of para-hydroxylation sites is 1. The number of urea groups is 1. The second kappa shape index (κ2) is 6.39. The molecule has 0 aromatic heterocycles. The van der Waals surface area contributed by atoms with E-state index in [9.17, 15) is 13.2 Å². The van der Waals surface area contributed by atoms with Crippen molar-refractivity contribution in [2.75, 3.05) is 29.5 Å². The van der Waals surface area contributed by atoms with Crippen molar-refractivity contribution in [1.82, 2.24) is 10.6 Å². The topological polar surface area (TPSA) is 78.5 Å². The number of carbonyl (C=O) groups excluding carboxylic acids is 1. The van der Waals surface area contributed by atoms with Gasteiger partial charge in [0, 0.05) is 30.9 Å². The highest BCUT2D eigenvalue weighted by Gasteiger charge is 2.29. The molecule has 1 aromatic rings. The second-order valence-electron chi connectivity index (χ2n) is 6.38. The zero-order valence-corrected chi connectivity index (χ0v) is 14.1. The van der Waals surface area contributed by atoms with Crippen molar-refractivity contribution in [1.29, 1.82) is 0 Å². The lowest BCUT2D eigenvalue weighted by Crippen LogP contribution is -2.45. The Bertz CT molecular complexity index is 690. The monoisotopic (exact) mass is 337 g/mol. The third-order valence-corrected chi connectivity index (χ3v) is 6.32. The average Bonchev–Trinajstić information content (AvgIpc) is 2.99. The van der Waals surface area contributed by atoms with E-state index >= 15 is 0 Å². The summed E-state index contributed by atoms with van der Waals surface area (Å²) in [6, 6.07) is 8.23. The van der Waals surface area contributed by atoms with E-state index in [-0.39, 0.29) is 23.6 Å². The van der Waals surface area contributed by atoms with E-state index in [1.165, 1.54) is 11.3 Å². The van der Waals surface area contributed by atoms with Crippen LogP contribution in [0.15, 0.2) is 24.3 Å². The number of amides is 2. The Balaban J connectivity index is 1.46. The molecule has 0 radical (unpaired) electrons. The summed E-state index contributed by atoms with van der Waals surface area (Å²) in [4.78, 5) is 14.2. The zero-order chi connectivity index (χ0) is 16.4. The van der Waals surface area contributed by atoms with Crippen LogP contribution in [0.25, 0.3) is 0 Å². The van der Waals surface area contributed by atoms with E-state index in [4.69, 9.17) is 0 Å². The molecule has 2 atom stereocenters. The predicted octanol–water partition coefficient (Wildman–Crippen LogP) is 0.924. The molecule has 0 aliphatic carbocycles. The highest BCUT2D eigenvalue weighted by Crippen LogP contribution is 2.31. The van der Waals surface area contributed by atoms with Gasteiger partial charge in [0.25, 0.3) is 0 Å². The third-order valence-electron chi connectivity index (χ3n) is 4.55. The summed E-state index contributed by atoms with van der Waals surface area (Å²) < 4.78 is 22.8. The van der Waals surface area contributed by atoms with Gasteiger partial charge < -0.3 is 15.5 Å². The molecule has 2 amide bonds. The first kappa shape index (κ1) is 16.1. The number of fused-ring (bicyclic) bond motifs is 1. The average molecular weight is 337 g/mol. The maximum atomic E-state index is 11.9. The second-order valence-corrected chi connectivity index (χ2v) is 8.60. The number of sulfone groups is 1. The van der Waals surface area contributed by atoms with Gasteiger partial charge in [-0.15, -0.1) is 0 Å². The maximum absolute atomic E-state index is 11.9. The molecule has 126 valence electrons. The summed E-state index contributed by atoms with van der Waals surface area (Å²) in [5.41, 5.74) is 2.59. The minimum Gasteiger partial charge on any atom is -0.367 e. The van der Waals surface area contributed by atoms with Gasteiger partial charge in [-0.2, -0.15) is 0 Å². The van der Waals surface area contributed by atoms with Crippen molar-refractivity contribution in [2.45, 2.75) is 31.8 Å². The summed E-state index contributed by atoms with van der Waals surface area (Å²) in [5.74, 6) is 0.219. The fraction of sp³-hybridized carbons (Fsp3) is 0.562. The van der Waals surface area contributed by atoms with Crippen molar-refractivity contribution < 1.29 is 13.2 Å². The van der Waals surface area contributed by atoms with Crippen molar-refractivity contribution in [3.05, 3.63) is 29.8 Å². The lowest BCUT2D eigenvalue weighted by molar-refractivity contribution is 0.238. The lowest BCUT2D eigenvalue weighted by Gasteiger charge is -2.25. The van der Waals surface area contributed by atoms with Crippen LogP contribution in [0.3, 0.4) is 0 Å². The molecule has 2 N–H and O–H groups in total. The molecule has 0 spiro atoms. The Morgan fingerprint density at radius 1 is 1.35 bits per heavy atom. The molecule has 23 heavy (non-hydrogen) atoms. The standard InChI is InChI=1S/C16H23N3O3S/c1-12-10-13-4-2-3-5-15(13)19(12)8-7-17-16(20)18-14-6-9-23(21,22)11-14/h2-5,12,14H,6-11H2,1H3,(H2,17,18,20)/t12-,14+/m1/s1. The number of benzene rings is 1. The Morgan fingerprint density at radius 2 is 2.13 bits per heavy atom. The van der Waals surface area contributed by atoms with Crippen molar-refractivity contribution >= 4 is 21.6 Å². The molecule has 0 saturated carbocycles. The van der Waals surface area contributed by atoms with Crippen LogP contribution in [0.4, 0.5) is 10.5 Å². The van der Waals surface area contributed by atoms with E-state index in [0.29, 0.717) is 19.0 Å². The number of nitrogens with one attached hydrogen (secondary N) is 2. The molecule has 1 saturated heterocycles. The lowest BCUT2D eigenvalue weighted by atomic mass is 10.1. The number of rotatable bonds is 4. The van der Waals surface area contributed by atoms with Gasteiger partial charge in [-0.1, -0.05) is 18.2 Å². The molecule has 1 aromatic carbocycles. The molecule has 2 aliphatic rings. The first-order chi connectivity index (χ1) is 10.9. The summed E-state index contributed by atoms with van der Waals surface area (Å²) in [6.45, 7) is 3.46. The minimum atomic E-state index is -2.97. The minimum absolute atomic E-state index is 0.0525. The first-order valence-corrected chi connectivity index (χ1v) is 9.86. The van der Waals surface area contributed by atoms with Crippen molar-refractivity contribution in [2.24, 2.45) is 0 Å². The molecular formula is C16H23N3O3S. The molecular weight excluding hydrogens is 314 g/mol. The summed E-state index contributed by atoms with van der Waals surface area (Å²) in [5, 5.41) is 5.57. The molecule has 1 fully saturated rings. The molecule has 2 aliphatic heterocycles. The highest BCUT2D eigenvalue weighted by atomic mass is 32.2. The zero-order valence-electron chi connectivity index (χ0n) is 13.3. The Morgan fingerprint density at radius 3 is 2.87 bits per heavy atom. The molecule has 3 rings (SSSR count). The van der Waals surface area contributed by atoms with Gasteiger partial charge in [-0.05, 0) is 31.4 Å². The molecule has 0 bridgehead atoms. The predicted molar refractivity (Wildman–Crippen MR) is 90.5 cm³/mol. The number of hydrogen-bond acceptors (Lipinski definition) is 4. The summed E-state index contributed by atoms with van der Waals surface area (Å²) in [6.07, 6.45) is 1.54. The van der Waals surface area contributed by atoms with Gasteiger partial charge in [0.15, 0.2) is 9.84 Å². The van der Waals surface area contributed by atoms with Crippen LogP contribution in [0.2, 0.25) is 0 Å². The van der Waals surface area contributed by atoms with Gasteiger partial charge in [0.2, 0.25) is 0 Å². The Hall–Kier alpha value is -1.76. The number of anilines is 1. The van der Waals surface area contributed by atoms with Crippen LogP contribution < -0.4 is 15.5 Å². The highest BCUT2D eigenvalue weighted by molar-refractivity contribution is 7.91. The number of hydrogen-bond donors (Lipinski definition) is 2. The fourth-order valence-electron chi connectivity index (χ4n) is 3.41. The van der Waals surface area contributed by atoms with Crippen LogP contribution >= 0.6 is 0 Å². The van der Waals surface area contributed by atoms with Gasteiger partial charge in [-0.3, -0.25) is 0 Å². The fourth-order valence-corrected chi connectivity index (χ4v) is 5.08. The smallest absolute Gasteiger partial charge is 0.315 e. The normalized spacial score (nSPS) is 25.2. The largest absolute Gasteiger partial charge is 0.367 e. The molecule has 0 unspecified atom stereocenters. The molecule has 2 heterocycles. The van der Waals surface area contributed by atoms with E-state index in [2.05, 4.69) is 40.7 Å². The van der Waals surface area contributed by atoms with Crippen LogP contribution in [0.5, 0.6) is 0 Å². The molecule has 7 heteroatoms. The van der Waals surface area contributed by atoms with E-state index in [1.54, 1.807) is 0 Å². The van der Waals surface area contributed by atoms with Crippen LogP contribution in [0, 0.1) is 0 Å². The maximum Gasteiger partial charge on any atom is 0.315 e. The quantitative estimate of drug-likeness (QED) is 0.856. The van der Waals surface area contributed by atoms with Crippen LogP contribution in [0.1, 0.15) is 18.9 Å². The van der Waals surface area contributed by atoms with Crippen LogP contribution in [-0.4, -0.2) is 51.1 Å². The molecule has 6 nitrogen and oxygen atoms in total. The van der Waals surface area contributed by atoms with E-state index in [1.807, 2.05) is 6.07 Å². The first-order valence-electron chi connectivity index (χ1n) is 8.04. The van der Waals surface area contributed by atoms with Gasteiger partial charge >= 0.3 is 6.03 Å².